The lowest BCUT2D eigenvalue weighted by atomic mass is 9.98. The van der Waals surface area contributed by atoms with E-state index in [1.165, 1.54) is 29.6 Å². The molecule has 0 unspecified atom stereocenters. The summed E-state index contributed by atoms with van der Waals surface area (Å²) < 4.78 is 32.3. The minimum Gasteiger partial charge on any atom is -0.497 e. The van der Waals surface area contributed by atoms with E-state index in [2.05, 4.69) is 5.32 Å². The van der Waals surface area contributed by atoms with Gasteiger partial charge in [-0.2, -0.15) is 4.31 Å². The first-order valence-electron chi connectivity index (χ1n) is 10.4. The molecule has 3 rings (SSSR count). The van der Waals surface area contributed by atoms with E-state index in [9.17, 15) is 13.2 Å². The average molecular weight is 487 g/mol. The van der Waals surface area contributed by atoms with Gasteiger partial charge in [-0.25, -0.2) is 8.42 Å². The van der Waals surface area contributed by atoms with Gasteiger partial charge in [0.05, 0.1) is 28.6 Å². The van der Waals surface area contributed by atoms with Gasteiger partial charge >= 0.3 is 0 Å². The molecule has 6 nitrogen and oxygen atoms in total. The van der Waals surface area contributed by atoms with Crippen LogP contribution in [0.5, 0.6) is 5.75 Å². The summed E-state index contributed by atoms with van der Waals surface area (Å²) in [7, 11) is -0.679. The fraction of sp³-hybridized carbons (Fsp3) is 0.240. The predicted octanol–water partition coefficient (Wildman–Crippen LogP) is 4.90. The van der Waals surface area contributed by atoms with Gasteiger partial charge in [-0.3, -0.25) is 4.79 Å². The Kier molecular flexibility index (Phi) is 7.79. The van der Waals surface area contributed by atoms with Crippen molar-refractivity contribution >= 4 is 27.5 Å². The summed E-state index contributed by atoms with van der Waals surface area (Å²) >= 11 is 6.31. The number of methoxy groups -OCH3 is 1. The van der Waals surface area contributed by atoms with Crippen molar-refractivity contribution in [2.45, 2.75) is 30.8 Å². The number of carbonyl (C=O) groups excluding carboxylic acids is 1. The van der Waals surface area contributed by atoms with Gasteiger partial charge in [-0.15, -0.1) is 0 Å². The summed E-state index contributed by atoms with van der Waals surface area (Å²) in [5.74, 6) is 0.223. The van der Waals surface area contributed by atoms with E-state index in [-0.39, 0.29) is 21.5 Å². The minimum atomic E-state index is -3.77. The van der Waals surface area contributed by atoms with Crippen LogP contribution in [-0.4, -0.2) is 38.8 Å². The molecule has 3 aromatic carbocycles. The van der Waals surface area contributed by atoms with Crippen LogP contribution in [0.3, 0.4) is 0 Å². The molecule has 33 heavy (non-hydrogen) atoms. The molecule has 0 aliphatic rings. The number of benzene rings is 3. The number of carbonyl (C=O) groups is 1. The van der Waals surface area contributed by atoms with Crippen molar-refractivity contribution in [3.63, 3.8) is 0 Å². The zero-order chi connectivity index (χ0) is 24.2. The molecular formula is C25H27ClN2O4S. The van der Waals surface area contributed by atoms with Gasteiger partial charge in [0, 0.05) is 13.1 Å². The number of amides is 1. The summed E-state index contributed by atoms with van der Waals surface area (Å²) in [6.07, 6.45) is 0. The molecule has 0 aliphatic carbocycles. The third-order valence-electron chi connectivity index (χ3n) is 5.44. The molecule has 0 bridgehead atoms. The number of nitrogens with zero attached hydrogens (tertiary/aromatic N) is 1. The summed E-state index contributed by atoms with van der Waals surface area (Å²) in [6.45, 7) is 3.56. The van der Waals surface area contributed by atoms with Gasteiger partial charge in [0.1, 0.15) is 5.75 Å². The molecule has 0 spiro atoms. The Bertz CT molecular complexity index is 1210. The minimum absolute atomic E-state index is 0.00829. The van der Waals surface area contributed by atoms with E-state index < -0.39 is 22.0 Å². The van der Waals surface area contributed by atoms with Crippen molar-refractivity contribution in [3.05, 3.63) is 94.5 Å². The Balaban J connectivity index is 1.98. The number of ether oxygens (including phenoxy) is 1. The smallest absolute Gasteiger partial charge is 0.253 e. The number of halogens is 1. The maximum Gasteiger partial charge on any atom is 0.253 e. The van der Waals surface area contributed by atoms with Gasteiger partial charge in [0.15, 0.2) is 0 Å². The third kappa shape index (κ3) is 5.55. The lowest BCUT2D eigenvalue weighted by Crippen LogP contribution is -2.33. The standard InChI is InChI=1S/C25H27ClN2O4S/c1-17(2)28(3)33(30,31)21-14-15-23(26)22(16-21)25(29)27-24(18-8-6-5-7-9-18)19-10-12-20(32-4)13-11-19/h5-17,24H,1-4H3,(H,27,29)/t24-/m0/s1. The zero-order valence-electron chi connectivity index (χ0n) is 18.9. The Hall–Kier alpha value is -2.87. The number of rotatable bonds is 8. The second kappa shape index (κ2) is 10.4. The lowest BCUT2D eigenvalue weighted by molar-refractivity contribution is 0.0943. The highest BCUT2D eigenvalue weighted by atomic mass is 35.5. The highest BCUT2D eigenvalue weighted by molar-refractivity contribution is 7.89. The summed E-state index contributed by atoms with van der Waals surface area (Å²) in [6, 6.07) is 20.3. The number of nitrogens with one attached hydrogen (secondary N) is 1. The van der Waals surface area contributed by atoms with Crippen LogP contribution in [0.15, 0.2) is 77.7 Å². The SMILES string of the molecule is COc1ccc([C@@H](NC(=O)c2cc(S(=O)(=O)N(C)C(C)C)ccc2Cl)c2ccccc2)cc1. The summed E-state index contributed by atoms with van der Waals surface area (Å²) in [5, 5.41) is 3.17. The third-order valence-corrected chi connectivity index (χ3v) is 7.80. The molecule has 1 atom stereocenters. The molecule has 1 N–H and O–H groups in total. The van der Waals surface area contributed by atoms with E-state index in [0.29, 0.717) is 5.75 Å². The van der Waals surface area contributed by atoms with Gasteiger partial charge in [0.2, 0.25) is 10.0 Å². The molecule has 3 aromatic rings. The van der Waals surface area contributed by atoms with E-state index >= 15 is 0 Å². The molecule has 8 heteroatoms. The maximum atomic E-state index is 13.3. The first-order chi connectivity index (χ1) is 15.6. The van der Waals surface area contributed by atoms with Gasteiger partial charge < -0.3 is 10.1 Å². The Labute approximate surface area is 200 Å². The fourth-order valence-corrected chi connectivity index (χ4v) is 4.89. The van der Waals surface area contributed by atoms with Crippen molar-refractivity contribution in [1.82, 2.24) is 9.62 Å². The van der Waals surface area contributed by atoms with Gasteiger partial charge in [-0.05, 0) is 55.3 Å². The highest BCUT2D eigenvalue weighted by Gasteiger charge is 2.26. The number of hydrogen-bond donors (Lipinski definition) is 1. The van der Waals surface area contributed by atoms with E-state index in [1.54, 1.807) is 21.0 Å². The summed E-state index contributed by atoms with van der Waals surface area (Å²) in [4.78, 5) is 13.3. The van der Waals surface area contributed by atoms with Crippen LogP contribution in [0.1, 0.15) is 41.4 Å². The van der Waals surface area contributed by atoms with E-state index in [0.717, 1.165) is 11.1 Å². The summed E-state index contributed by atoms with van der Waals surface area (Å²) in [5.41, 5.74) is 1.80. The topological polar surface area (TPSA) is 75.7 Å². The lowest BCUT2D eigenvalue weighted by Gasteiger charge is -2.22. The van der Waals surface area contributed by atoms with Gasteiger partial charge in [-0.1, -0.05) is 54.1 Å². The normalized spacial score (nSPS) is 12.6. The van der Waals surface area contributed by atoms with Crippen LogP contribution in [0.25, 0.3) is 0 Å². The first-order valence-corrected chi connectivity index (χ1v) is 12.2. The molecule has 0 heterocycles. The molecule has 0 aromatic heterocycles. The number of sulfonamides is 1. The molecule has 0 saturated carbocycles. The Morgan fingerprint density at radius 2 is 1.58 bits per heavy atom. The molecule has 0 fully saturated rings. The van der Waals surface area contributed by atoms with Crippen molar-refractivity contribution in [1.29, 1.82) is 0 Å². The Morgan fingerprint density at radius 3 is 2.15 bits per heavy atom. The Morgan fingerprint density at radius 1 is 0.970 bits per heavy atom. The quantitative estimate of drug-likeness (QED) is 0.491. The van der Waals surface area contributed by atoms with Crippen molar-refractivity contribution < 1.29 is 17.9 Å². The molecule has 0 saturated heterocycles. The average Bonchev–Trinajstić information content (AvgIpc) is 2.82. The van der Waals surface area contributed by atoms with Crippen molar-refractivity contribution in [2.75, 3.05) is 14.2 Å². The molecule has 0 aliphatic heterocycles. The fourth-order valence-electron chi connectivity index (χ4n) is 3.29. The maximum absolute atomic E-state index is 13.3. The van der Waals surface area contributed by atoms with Crippen molar-refractivity contribution in [3.8, 4) is 5.75 Å². The number of hydrogen-bond acceptors (Lipinski definition) is 4. The van der Waals surface area contributed by atoms with Crippen LogP contribution >= 0.6 is 11.6 Å². The predicted molar refractivity (Wildman–Crippen MR) is 130 cm³/mol. The van der Waals surface area contributed by atoms with Crippen LogP contribution in [0.4, 0.5) is 0 Å². The van der Waals surface area contributed by atoms with Crippen molar-refractivity contribution in [2.24, 2.45) is 0 Å². The van der Waals surface area contributed by atoms with E-state index in [4.69, 9.17) is 16.3 Å². The second-order valence-electron chi connectivity index (χ2n) is 7.85. The zero-order valence-corrected chi connectivity index (χ0v) is 20.5. The highest BCUT2D eigenvalue weighted by Crippen LogP contribution is 2.27. The van der Waals surface area contributed by atoms with E-state index in [1.807, 2.05) is 54.6 Å². The molecule has 174 valence electrons. The van der Waals surface area contributed by atoms with Crippen LogP contribution in [0.2, 0.25) is 5.02 Å². The largest absolute Gasteiger partial charge is 0.497 e. The monoisotopic (exact) mass is 486 g/mol. The first kappa shape index (κ1) is 24.8. The molecule has 1 amide bonds. The molecule has 0 radical (unpaired) electrons. The van der Waals surface area contributed by atoms with Crippen LogP contribution in [0, 0.1) is 0 Å². The van der Waals surface area contributed by atoms with Crippen LogP contribution < -0.4 is 10.1 Å². The van der Waals surface area contributed by atoms with Crippen LogP contribution in [-0.2, 0) is 10.0 Å². The second-order valence-corrected chi connectivity index (χ2v) is 10.3. The molecular weight excluding hydrogens is 460 g/mol. The van der Waals surface area contributed by atoms with Gasteiger partial charge in [0.25, 0.3) is 5.91 Å².